The molecule has 1 N–H and O–H groups in total. The molecule has 0 saturated carbocycles. The predicted molar refractivity (Wildman–Crippen MR) is 95.2 cm³/mol. The molecule has 2 aliphatic rings. The van der Waals surface area contributed by atoms with Crippen LogP contribution in [0.25, 0.3) is 0 Å². The van der Waals surface area contributed by atoms with Gasteiger partial charge in [-0.2, -0.15) is 0 Å². The summed E-state index contributed by atoms with van der Waals surface area (Å²) >= 11 is 0. The molecule has 128 valence electrons. The van der Waals surface area contributed by atoms with Crippen molar-refractivity contribution < 1.29 is 4.74 Å². The van der Waals surface area contributed by atoms with Gasteiger partial charge in [-0.05, 0) is 36.5 Å². The third-order valence-corrected chi connectivity index (χ3v) is 5.28. The highest BCUT2D eigenvalue weighted by molar-refractivity contribution is 5.58. The lowest BCUT2D eigenvalue weighted by molar-refractivity contribution is -0.0178. The van der Waals surface area contributed by atoms with Crippen LogP contribution < -0.4 is 10.2 Å². The summed E-state index contributed by atoms with van der Waals surface area (Å²) in [7, 11) is 4.20. The van der Waals surface area contributed by atoms with Crippen molar-refractivity contribution in [3.05, 3.63) is 47.5 Å². The number of nitrogens with one attached hydrogen (secondary N) is 1. The number of imidazole rings is 1. The first-order valence-electron chi connectivity index (χ1n) is 8.87. The van der Waals surface area contributed by atoms with Crippen LogP contribution in [0, 0.1) is 0 Å². The van der Waals surface area contributed by atoms with Crippen LogP contribution in [0.5, 0.6) is 0 Å². The number of rotatable bonds is 4. The van der Waals surface area contributed by atoms with E-state index in [1.54, 1.807) is 0 Å². The molecule has 1 saturated heterocycles. The maximum absolute atomic E-state index is 6.04. The molecule has 1 fully saturated rings. The van der Waals surface area contributed by atoms with E-state index in [0.29, 0.717) is 6.04 Å². The summed E-state index contributed by atoms with van der Waals surface area (Å²) in [5, 5.41) is 3.71. The van der Waals surface area contributed by atoms with Gasteiger partial charge >= 0.3 is 0 Å². The van der Waals surface area contributed by atoms with Crippen LogP contribution in [0.15, 0.2) is 30.6 Å². The zero-order chi connectivity index (χ0) is 16.5. The van der Waals surface area contributed by atoms with Crippen molar-refractivity contribution in [3.8, 4) is 0 Å². The van der Waals surface area contributed by atoms with Crippen LogP contribution >= 0.6 is 0 Å². The van der Waals surface area contributed by atoms with E-state index < -0.39 is 0 Å². The summed E-state index contributed by atoms with van der Waals surface area (Å²) in [6.45, 7) is 2.83. The van der Waals surface area contributed by atoms with Crippen molar-refractivity contribution >= 4 is 5.69 Å². The van der Waals surface area contributed by atoms with Gasteiger partial charge in [0.2, 0.25) is 0 Å². The zero-order valence-corrected chi connectivity index (χ0v) is 14.5. The minimum absolute atomic E-state index is 0.0410. The largest absolute Gasteiger partial charge is 0.374 e. The maximum Gasteiger partial charge on any atom is 0.139 e. The lowest BCUT2D eigenvalue weighted by Crippen LogP contribution is -2.40. The van der Waals surface area contributed by atoms with E-state index in [-0.39, 0.29) is 6.10 Å². The molecule has 5 heteroatoms. The molecular formula is C19H26N4O. The smallest absolute Gasteiger partial charge is 0.139 e. The monoisotopic (exact) mass is 326 g/mol. The van der Waals surface area contributed by atoms with Crippen LogP contribution in [-0.4, -0.2) is 35.8 Å². The molecule has 1 aromatic carbocycles. The number of hydrogen-bond donors (Lipinski definition) is 1. The molecule has 2 aliphatic heterocycles. The van der Waals surface area contributed by atoms with E-state index >= 15 is 0 Å². The van der Waals surface area contributed by atoms with Crippen molar-refractivity contribution in [1.29, 1.82) is 0 Å². The Labute approximate surface area is 143 Å². The molecule has 24 heavy (non-hydrogen) atoms. The van der Waals surface area contributed by atoms with Gasteiger partial charge in [0.1, 0.15) is 11.9 Å². The number of likely N-dealkylation sites (N-methyl/N-ethyl adjacent to an activating group) is 1. The summed E-state index contributed by atoms with van der Waals surface area (Å²) in [6.07, 6.45) is 7.27. The molecule has 4 rings (SSSR count). The maximum atomic E-state index is 6.04. The highest BCUT2D eigenvalue weighted by atomic mass is 16.5. The quantitative estimate of drug-likeness (QED) is 0.937. The molecule has 5 nitrogen and oxygen atoms in total. The van der Waals surface area contributed by atoms with Gasteiger partial charge in [-0.1, -0.05) is 12.1 Å². The Bertz CT molecular complexity index is 711. The molecule has 0 aliphatic carbocycles. The first-order chi connectivity index (χ1) is 11.7. The van der Waals surface area contributed by atoms with Crippen molar-refractivity contribution in [1.82, 2.24) is 14.9 Å². The van der Waals surface area contributed by atoms with Gasteiger partial charge in [-0.15, -0.1) is 0 Å². The van der Waals surface area contributed by atoms with Gasteiger partial charge in [0.15, 0.2) is 0 Å². The summed E-state index contributed by atoms with van der Waals surface area (Å²) in [5.74, 6) is 1.02. The van der Waals surface area contributed by atoms with E-state index in [1.807, 2.05) is 19.4 Å². The van der Waals surface area contributed by atoms with Crippen molar-refractivity contribution in [2.24, 2.45) is 7.05 Å². The van der Waals surface area contributed by atoms with Gasteiger partial charge in [-0.3, -0.25) is 0 Å². The van der Waals surface area contributed by atoms with E-state index in [2.05, 4.69) is 45.0 Å². The SMILES string of the molecule is CN1CCc2cc(CN[C@H]3CCCO[C@@H]3c3nccn3C)ccc21. The number of fused-ring (bicyclic) bond motifs is 1. The normalized spacial score (nSPS) is 23.5. The van der Waals surface area contributed by atoms with Crippen molar-refractivity contribution in [2.75, 3.05) is 25.1 Å². The van der Waals surface area contributed by atoms with Crippen LogP contribution in [0.1, 0.15) is 35.9 Å². The molecule has 2 aromatic rings. The summed E-state index contributed by atoms with van der Waals surface area (Å²) in [5.41, 5.74) is 4.20. The minimum atomic E-state index is 0.0410. The van der Waals surface area contributed by atoms with E-state index in [4.69, 9.17) is 4.74 Å². The summed E-state index contributed by atoms with van der Waals surface area (Å²) in [6, 6.07) is 7.17. The van der Waals surface area contributed by atoms with Gasteiger partial charge in [0.05, 0.1) is 0 Å². The number of ether oxygens (including phenoxy) is 1. The summed E-state index contributed by atoms with van der Waals surface area (Å²) < 4.78 is 8.11. The molecule has 0 unspecified atom stereocenters. The second-order valence-electron chi connectivity index (χ2n) is 6.95. The zero-order valence-electron chi connectivity index (χ0n) is 14.5. The van der Waals surface area contributed by atoms with Crippen LogP contribution in [0.3, 0.4) is 0 Å². The Morgan fingerprint density at radius 1 is 1.33 bits per heavy atom. The molecule has 0 bridgehead atoms. The van der Waals surface area contributed by atoms with E-state index in [9.17, 15) is 0 Å². The predicted octanol–water partition coefficient (Wildman–Crippen LogP) is 2.42. The van der Waals surface area contributed by atoms with Gasteiger partial charge in [-0.25, -0.2) is 4.98 Å². The number of aryl methyl sites for hydroxylation is 1. The van der Waals surface area contributed by atoms with Gasteiger partial charge in [0, 0.05) is 57.9 Å². The van der Waals surface area contributed by atoms with Gasteiger partial charge < -0.3 is 19.5 Å². The van der Waals surface area contributed by atoms with Crippen LogP contribution in [0.2, 0.25) is 0 Å². The molecule has 2 atom stereocenters. The van der Waals surface area contributed by atoms with E-state index in [1.165, 1.54) is 16.8 Å². The average Bonchev–Trinajstić information content (AvgIpc) is 3.19. The fourth-order valence-corrected chi connectivity index (χ4v) is 3.87. The fourth-order valence-electron chi connectivity index (χ4n) is 3.87. The first kappa shape index (κ1) is 15.7. The second-order valence-corrected chi connectivity index (χ2v) is 6.95. The van der Waals surface area contributed by atoms with Crippen molar-refractivity contribution in [2.45, 2.75) is 38.0 Å². The Morgan fingerprint density at radius 2 is 2.25 bits per heavy atom. The standard InChI is InChI=1S/C19H26N4O/c1-22-9-7-15-12-14(5-6-17(15)22)13-21-16-4-3-11-24-18(16)19-20-8-10-23(19)2/h5-6,8,10,12,16,18,21H,3-4,7,9,11,13H2,1-2H3/t16-,18-/m0/s1. The highest BCUT2D eigenvalue weighted by Crippen LogP contribution is 2.29. The Balaban J connectivity index is 1.45. The molecule has 1 aromatic heterocycles. The van der Waals surface area contributed by atoms with Gasteiger partial charge in [0.25, 0.3) is 0 Å². The first-order valence-corrected chi connectivity index (χ1v) is 8.87. The van der Waals surface area contributed by atoms with Crippen molar-refractivity contribution in [3.63, 3.8) is 0 Å². The Hall–Kier alpha value is -1.85. The molecule has 0 amide bonds. The number of hydrogen-bond acceptors (Lipinski definition) is 4. The molecular weight excluding hydrogens is 300 g/mol. The molecule has 0 radical (unpaired) electrons. The van der Waals surface area contributed by atoms with E-state index in [0.717, 1.165) is 44.8 Å². The van der Waals surface area contributed by atoms with Crippen LogP contribution in [-0.2, 0) is 24.8 Å². The average molecular weight is 326 g/mol. The minimum Gasteiger partial charge on any atom is -0.374 e. The fraction of sp³-hybridized carbons (Fsp3) is 0.526. The second kappa shape index (κ2) is 6.57. The Kier molecular flexibility index (Phi) is 4.29. The third kappa shape index (κ3) is 2.94. The number of nitrogens with zero attached hydrogens (tertiary/aromatic N) is 3. The molecule has 3 heterocycles. The highest BCUT2D eigenvalue weighted by Gasteiger charge is 2.30. The molecule has 0 spiro atoms. The summed E-state index contributed by atoms with van der Waals surface area (Å²) in [4.78, 5) is 6.82. The lowest BCUT2D eigenvalue weighted by atomic mass is 10.0. The Morgan fingerprint density at radius 3 is 3.08 bits per heavy atom. The third-order valence-electron chi connectivity index (χ3n) is 5.28. The van der Waals surface area contributed by atoms with Crippen LogP contribution in [0.4, 0.5) is 5.69 Å². The lowest BCUT2D eigenvalue weighted by Gasteiger charge is -2.32. The number of aromatic nitrogens is 2. The number of anilines is 1. The number of benzene rings is 1. The topological polar surface area (TPSA) is 42.3 Å².